The average molecular weight is 355 g/mol. The van der Waals surface area contributed by atoms with E-state index in [1.807, 2.05) is 16.5 Å². The lowest BCUT2D eigenvalue weighted by molar-refractivity contribution is 0.0145. The van der Waals surface area contributed by atoms with Crippen LogP contribution in [0.2, 0.25) is 0 Å². The van der Waals surface area contributed by atoms with Crippen molar-refractivity contribution < 1.29 is 9.53 Å². The van der Waals surface area contributed by atoms with Crippen LogP contribution in [0.5, 0.6) is 0 Å². The average Bonchev–Trinajstić information content (AvgIpc) is 3.08. The number of hydrogen-bond acceptors (Lipinski definition) is 3. The van der Waals surface area contributed by atoms with Gasteiger partial charge < -0.3 is 9.64 Å². The van der Waals surface area contributed by atoms with E-state index in [9.17, 15) is 4.79 Å². The summed E-state index contributed by atoms with van der Waals surface area (Å²) in [5.74, 6) is 0.292. The highest BCUT2D eigenvalue weighted by Crippen LogP contribution is 2.26. The zero-order valence-electron chi connectivity index (χ0n) is 16.2. The Morgan fingerprint density at radius 3 is 2.46 bits per heavy atom. The predicted molar refractivity (Wildman–Crippen MR) is 103 cm³/mol. The largest absolute Gasteiger partial charge is 0.378 e. The van der Waals surface area contributed by atoms with Crippen LogP contribution in [0, 0.1) is 6.92 Å². The molecule has 1 aromatic carbocycles. The quantitative estimate of drug-likeness (QED) is 0.816. The summed E-state index contributed by atoms with van der Waals surface area (Å²) in [4.78, 5) is 15.1. The Hall–Kier alpha value is -2.14. The van der Waals surface area contributed by atoms with Crippen molar-refractivity contribution in [2.75, 3.05) is 19.7 Å². The zero-order valence-corrected chi connectivity index (χ0v) is 16.2. The first-order valence-corrected chi connectivity index (χ1v) is 9.57. The lowest BCUT2D eigenvalue weighted by Gasteiger charge is -2.32. The predicted octanol–water partition coefficient (Wildman–Crippen LogP) is 3.95. The third-order valence-electron chi connectivity index (χ3n) is 4.99. The maximum atomic E-state index is 13.1. The molecule has 2 aromatic rings. The van der Waals surface area contributed by atoms with Gasteiger partial charge in [-0.1, -0.05) is 31.5 Å². The van der Waals surface area contributed by atoms with Gasteiger partial charge in [0.05, 0.1) is 29.2 Å². The fourth-order valence-electron chi connectivity index (χ4n) is 3.60. The molecule has 1 fully saturated rings. The molecular weight excluding hydrogens is 326 g/mol. The van der Waals surface area contributed by atoms with Crippen molar-refractivity contribution in [1.29, 1.82) is 0 Å². The number of ether oxygens (including phenoxy) is 1. The van der Waals surface area contributed by atoms with Crippen LogP contribution >= 0.6 is 0 Å². The Morgan fingerprint density at radius 2 is 1.88 bits per heavy atom. The second-order valence-corrected chi connectivity index (χ2v) is 7.29. The van der Waals surface area contributed by atoms with Crippen LogP contribution < -0.4 is 0 Å². The van der Waals surface area contributed by atoms with Gasteiger partial charge in [-0.15, -0.1) is 0 Å². The summed E-state index contributed by atoms with van der Waals surface area (Å²) in [6.07, 6.45) is 3.82. The molecule has 1 aromatic heterocycles. The van der Waals surface area contributed by atoms with Crippen LogP contribution in [-0.4, -0.2) is 46.4 Å². The molecule has 5 heteroatoms. The van der Waals surface area contributed by atoms with Gasteiger partial charge in [0, 0.05) is 19.7 Å². The zero-order chi connectivity index (χ0) is 18.7. The van der Waals surface area contributed by atoms with Crippen LogP contribution in [0.3, 0.4) is 0 Å². The Morgan fingerprint density at radius 1 is 1.23 bits per heavy atom. The Kier molecular flexibility index (Phi) is 5.77. The van der Waals surface area contributed by atoms with Crippen LogP contribution in [-0.2, 0) is 4.74 Å². The molecule has 1 aliphatic heterocycles. The molecule has 0 aliphatic carbocycles. The fraction of sp³-hybridized carbons (Fsp3) is 0.524. The topological polar surface area (TPSA) is 47.4 Å². The first-order valence-electron chi connectivity index (χ1n) is 9.57. The van der Waals surface area contributed by atoms with Crippen LogP contribution in [0.1, 0.15) is 61.1 Å². The number of carbonyl (C=O) groups is 1. The first kappa shape index (κ1) is 18.6. The maximum Gasteiger partial charge on any atom is 0.257 e. The third kappa shape index (κ3) is 3.83. The molecule has 0 atom stereocenters. The molecule has 0 spiro atoms. The lowest BCUT2D eigenvalue weighted by atomic mass is 10.0. The van der Waals surface area contributed by atoms with Crippen molar-refractivity contribution >= 4 is 5.91 Å². The number of amides is 1. The molecule has 1 amide bonds. The van der Waals surface area contributed by atoms with E-state index in [1.165, 1.54) is 5.56 Å². The normalized spacial score (nSPS) is 15.7. The summed E-state index contributed by atoms with van der Waals surface area (Å²) in [5.41, 5.74) is 3.90. The lowest BCUT2D eigenvalue weighted by Crippen LogP contribution is -2.41. The van der Waals surface area contributed by atoms with Gasteiger partial charge in [0.15, 0.2) is 0 Å². The minimum atomic E-state index is 0.0852. The van der Waals surface area contributed by atoms with E-state index < -0.39 is 0 Å². The highest BCUT2D eigenvalue weighted by atomic mass is 16.5. The number of aryl methyl sites for hydroxylation is 1. The minimum Gasteiger partial charge on any atom is -0.378 e. The number of aromatic nitrogens is 2. The van der Waals surface area contributed by atoms with E-state index in [1.54, 1.807) is 6.20 Å². The highest BCUT2D eigenvalue weighted by Gasteiger charge is 2.28. The third-order valence-corrected chi connectivity index (χ3v) is 4.99. The van der Waals surface area contributed by atoms with Crippen molar-refractivity contribution in [3.05, 3.63) is 47.3 Å². The number of carbonyl (C=O) groups excluding carboxylic acids is 1. The van der Waals surface area contributed by atoms with Crippen molar-refractivity contribution in [3.8, 4) is 5.69 Å². The fourth-order valence-corrected chi connectivity index (χ4v) is 3.60. The van der Waals surface area contributed by atoms with Crippen LogP contribution in [0.15, 0.2) is 30.5 Å². The molecule has 0 saturated carbocycles. The van der Waals surface area contributed by atoms with E-state index in [2.05, 4.69) is 50.1 Å². The van der Waals surface area contributed by atoms with Gasteiger partial charge in [0.2, 0.25) is 0 Å². The molecule has 0 N–H and O–H groups in total. The van der Waals surface area contributed by atoms with Gasteiger partial charge >= 0.3 is 0 Å². The van der Waals surface area contributed by atoms with Gasteiger partial charge in [0.25, 0.3) is 5.91 Å². The van der Waals surface area contributed by atoms with E-state index in [0.717, 1.165) is 49.5 Å². The molecule has 3 rings (SSSR count). The molecule has 2 heterocycles. The van der Waals surface area contributed by atoms with Gasteiger partial charge in [-0.25, -0.2) is 4.68 Å². The van der Waals surface area contributed by atoms with Gasteiger partial charge in [-0.3, -0.25) is 4.79 Å². The van der Waals surface area contributed by atoms with Gasteiger partial charge in [-0.2, -0.15) is 5.10 Å². The van der Waals surface area contributed by atoms with Crippen molar-refractivity contribution in [2.24, 2.45) is 0 Å². The van der Waals surface area contributed by atoms with Crippen molar-refractivity contribution in [2.45, 2.75) is 52.6 Å². The molecule has 26 heavy (non-hydrogen) atoms. The molecule has 0 radical (unpaired) electrons. The number of benzene rings is 1. The number of hydrogen-bond donors (Lipinski definition) is 0. The molecule has 5 nitrogen and oxygen atoms in total. The molecule has 0 bridgehead atoms. The summed E-state index contributed by atoms with van der Waals surface area (Å²) < 4.78 is 7.60. The van der Waals surface area contributed by atoms with Crippen molar-refractivity contribution in [3.63, 3.8) is 0 Å². The minimum absolute atomic E-state index is 0.0852. The van der Waals surface area contributed by atoms with E-state index in [4.69, 9.17) is 4.74 Å². The summed E-state index contributed by atoms with van der Waals surface area (Å²) in [6.45, 7) is 10.5. The standard InChI is InChI=1S/C21H29N3O2/c1-5-26-18-10-12-23(13-11-18)21(25)19-14-22-24(20(19)15(2)3)17-8-6-16(4)7-9-17/h6-9,14-15,18H,5,10-13H2,1-4H3. The first-order chi connectivity index (χ1) is 12.5. The molecular formula is C21H29N3O2. The number of likely N-dealkylation sites (tertiary alicyclic amines) is 1. The summed E-state index contributed by atoms with van der Waals surface area (Å²) in [7, 11) is 0. The number of rotatable bonds is 5. The summed E-state index contributed by atoms with van der Waals surface area (Å²) >= 11 is 0. The molecule has 140 valence electrons. The Bertz CT molecular complexity index is 741. The Labute approximate surface area is 156 Å². The SMILES string of the molecule is CCOC1CCN(C(=O)c2cnn(-c3ccc(C)cc3)c2C(C)C)CC1. The smallest absolute Gasteiger partial charge is 0.257 e. The van der Waals surface area contributed by atoms with E-state index in [0.29, 0.717) is 0 Å². The van der Waals surface area contributed by atoms with Crippen molar-refractivity contribution in [1.82, 2.24) is 14.7 Å². The number of piperidine rings is 1. The van der Waals surface area contributed by atoms with Crippen LogP contribution in [0.25, 0.3) is 5.69 Å². The van der Waals surface area contributed by atoms with Gasteiger partial charge in [0.1, 0.15) is 0 Å². The second-order valence-electron chi connectivity index (χ2n) is 7.29. The van der Waals surface area contributed by atoms with Crippen LogP contribution in [0.4, 0.5) is 0 Å². The Balaban J connectivity index is 1.84. The highest BCUT2D eigenvalue weighted by molar-refractivity contribution is 5.95. The summed E-state index contributed by atoms with van der Waals surface area (Å²) in [5, 5.41) is 4.54. The maximum absolute atomic E-state index is 13.1. The van der Waals surface area contributed by atoms with E-state index >= 15 is 0 Å². The van der Waals surface area contributed by atoms with Gasteiger partial charge in [-0.05, 0) is 44.7 Å². The number of nitrogens with zero attached hydrogens (tertiary/aromatic N) is 3. The monoisotopic (exact) mass is 355 g/mol. The molecule has 1 aliphatic rings. The molecule has 0 unspecified atom stereocenters. The second kappa shape index (κ2) is 8.04. The summed E-state index contributed by atoms with van der Waals surface area (Å²) in [6, 6.07) is 8.24. The molecule has 1 saturated heterocycles. The van der Waals surface area contributed by atoms with E-state index in [-0.39, 0.29) is 17.9 Å².